The summed E-state index contributed by atoms with van der Waals surface area (Å²) < 4.78 is 5.24. The molecule has 0 saturated carbocycles. The van der Waals surface area contributed by atoms with E-state index in [0.29, 0.717) is 6.61 Å². The third-order valence-electron chi connectivity index (χ3n) is 3.06. The zero-order chi connectivity index (χ0) is 13.6. The van der Waals surface area contributed by atoms with E-state index in [1.165, 1.54) is 38.5 Å². The Morgan fingerprint density at radius 1 is 0.833 bits per heavy atom. The van der Waals surface area contributed by atoms with Crippen molar-refractivity contribution in [3.05, 3.63) is 0 Å². The number of rotatable bonds is 13. The lowest BCUT2D eigenvalue weighted by Crippen LogP contribution is -2.33. The van der Waals surface area contributed by atoms with Gasteiger partial charge in [-0.05, 0) is 6.42 Å². The molecule has 4 heteroatoms. The fourth-order valence-electron chi connectivity index (χ4n) is 1.77. The predicted octanol–water partition coefficient (Wildman–Crippen LogP) is 1.86. The monoisotopic (exact) mass is 262 g/mol. The van der Waals surface area contributed by atoms with Gasteiger partial charge in [0.15, 0.2) is 0 Å². The smallest absolute Gasteiger partial charge is 0.105 e. The molecule has 0 aliphatic carbocycles. The van der Waals surface area contributed by atoms with Crippen LogP contribution in [0.15, 0.2) is 0 Å². The topological polar surface area (TPSA) is 69.9 Å². The summed E-state index contributed by atoms with van der Waals surface area (Å²) >= 11 is 0. The second kappa shape index (κ2) is 13.3. The van der Waals surface area contributed by atoms with Crippen LogP contribution < -0.4 is 0 Å². The summed E-state index contributed by atoms with van der Waals surface area (Å²) in [5.41, 5.74) is 0. The zero-order valence-electron chi connectivity index (χ0n) is 11.7. The molecule has 0 aromatic heterocycles. The Labute approximate surface area is 111 Å². The van der Waals surface area contributed by atoms with Gasteiger partial charge in [-0.15, -0.1) is 0 Å². The molecule has 0 aliphatic rings. The van der Waals surface area contributed by atoms with E-state index in [-0.39, 0.29) is 6.61 Å². The highest BCUT2D eigenvalue weighted by molar-refractivity contribution is 4.64. The Kier molecular flexibility index (Phi) is 13.2. The predicted molar refractivity (Wildman–Crippen MR) is 72.5 cm³/mol. The van der Waals surface area contributed by atoms with Gasteiger partial charge in [0.1, 0.15) is 12.2 Å². The maximum atomic E-state index is 9.31. The molecule has 0 heterocycles. The van der Waals surface area contributed by atoms with Crippen molar-refractivity contribution >= 4 is 0 Å². The minimum absolute atomic E-state index is 0.0955. The Morgan fingerprint density at radius 3 is 1.94 bits per heavy atom. The highest BCUT2D eigenvalue weighted by Crippen LogP contribution is 2.08. The minimum atomic E-state index is -1.09. The van der Waals surface area contributed by atoms with Crippen LogP contribution in [0.5, 0.6) is 0 Å². The first kappa shape index (κ1) is 17.8. The lowest BCUT2D eigenvalue weighted by atomic mass is 10.1. The Morgan fingerprint density at radius 2 is 1.39 bits per heavy atom. The van der Waals surface area contributed by atoms with Gasteiger partial charge in [0.2, 0.25) is 0 Å². The van der Waals surface area contributed by atoms with E-state index in [0.717, 1.165) is 12.8 Å². The third kappa shape index (κ3) is 11.0. The highest BCUT2D eigenvalue weighted by atomic mass is 16.5. The molecule has 18 heavy (non-hydrogen) atoms. The van der Waals surface area contributed by atoms with E-state index in [1.54, 1.807) is 0 Å². The minimum Gasteiger partial charge on any atom is -0.394 e. The molecule has 0 rings (SSSR count). The van der Waals surface area contributed by atoms with Crippen molar-refractivity contribution in [2.24, 2.45) is 0 Å². The first-order valence-corrected chi connectivity index (χ1v) is 7.27. The molecule has 3 N–H and O–H groups in total. The Bertz CT molecular complexity index is 164. The first-order chi connectivity index (χ1) is 8.72. The van der Waals surface area contributed by atoms with Gasteiger partial charge in [-0.3, -0.25) is 0 Å². The number of hydrogen-bond donors (Lipinski definition) is 3. The summed E-state index contributed by atoms with van der Waals surface area (Å²) in [6.07, 6.45) is 7.92. The molecule has 0 saturated heterocycles. The highest BCUT2D eigenvalue weighted by Gasteiger charge is 2.14. The van der Waals surface area contributed by atoms with Crippen LogP contribution in [0, 0.1) is 0 Å². The van der Waals surface area contributed by atoms with Crippen molar-refractivity contribution in [1.82, 2.24) is 0 Å². The average molecular weight is 262 g/mol. The molecule has 0 radical (unpaired) electrons. The number of hydrogen-bond acceptors (Lipinski definition) is 4. The van der Waals surface area contributed by atoms with Crippen LogP contribution in [0.1, 0.15) is 58.3 Å². The van der Waals surface area contributed by atoms with Gasteiger partial charge in [-0.1, -0.05) is 51.9 Å². The zero-order valence-corrected chi connectivity index (χ0v) is 11.7. The Balaban J connectivity index is 3.11. The molecule has 0 aromatic carbocycles. The summed E-state index contributed by atoms with van der Waals surface area (Å²) in [5, 5.41) is 27.0. The van der Waals surface area contributed by atoms with Gasteiger partial charge in [0.05, 0.1) is 13.2 Å². The normalized spacial score (nSPS) is 14.7. The molecule has 0 aliphatic heterocycles. The largest absolute Gasteiger partial charge is 0.394 e. The first-order valence-electron chi connectivity index (χ1n) is 7.27. The molecule has 0 aromatic rings. The van der Waals surface area contributed by atoms with E-state index < -0.39 is 18.8 Å². The van der Waals surface area contributed by atoms with Crippen molar-refractivity contribution in [1.29, 1.82) is 0 Å². The summed E-state index contributed by atoms with van der Waals surface area (Å²) in [6, 6.07) is 0. The van der Waals surface area contributed by atoms with Crippen LogP contribution in [0.3, 0.4) is 0 Å². The van der Waals surface area contributed by atoms with Gasteiger partial charge in [0, 0.05) is 6.61 Å². The van der Waals surface area contributed by atoms with E-state index in [9.17, 15) is 5.11 Å². The molecule has 110 valence electrons. The molecule has 0 unspecified atom stereocenters. The third-order valence-corrected chi connectivity index (χ3v) is 3.06. The lowest BCUT2D eigenvalue weighted by molar-refractivity contribution is -0.0571. The Hall–Kier alpha value is -0.160. The van der Waals surface area contributed by atoms with Gasteiger partial charge in [-0.25, -0.2) is 0 Å². The molecule has 2 atom stereocenters. The van der Waals surface area contributed by atoms with Gasteiger partial charge >= 0.3 is 0 Å². The molecule has 0 fully saturated rings. The van der Waals surface area contributed by atoms with Gasteiger partial charge in [-0.2, -0.15) is 0 Å². The number of aliphatic hydroxyl groups excluding tert-OH is 3. The number of unbranched alkanes of at least 4 members (excludes halogenated alkanes) is 7. The molecule has 0 amide bonds. The summed E-state index contributed by atoms with van der Waals surface area (Å²) in [4.78, 5) is 0. The maximum Gasteiger partial charge on any atom is 0.105 e. The fraction of sp³-hybridized carbons (Fsp3) is 1.00. The van der Waals surface area contributed by atoms with E-state index in [1.807, 2.05) is 0 Å². The summed E-state index contributed by atoms with van der Waals surface area (Å²) in [5.74, 6) is 0. The quantitative estimate of drug-likeness (QED) is 0.443. The van der Waals surface area contributed by atoms with Crippen molar-refractivity contribution < 1.29 is 20.1 Å². The lowest BCUT2D eigenvalue weighted by Gasteiger charge is -2.15. The van der Waals surface area contributed by atoms with Crippen LogP contribution in [-0.4, -0.2) is 47.3 Å². The molecular formula is C14H30O4. The van der Waals surface area contributed by atoms with Crippen LogP contribution >= 0.6 is 0 Å². The summed E-state index contributed by atoms with van der Waals surface area (Å²) in [6.45, 7) is 2.50. The fourth-order valence-corrected chi connectivity index (χ4v) is 1.77. The van der Waals surface area contributed by atoms with Crippen LogP contribution in [0.4, 0.5) is 0 Å². The second-order valence-corrected chi connectivity index (χ2v) is 4.87. The van der Waals surface area contributed by atoms with Gasteiger partial charge < -0.3 is 20.1 Å². The van der Waals surface area contributed by atoms with E-state index in [2.05, 4.69) is 6.92 Å². The van der Waals surface area contributed by atoms with E-state index in [4.69, 9.17) is 14.9 Å². The van der Waals surface area contributed by atoms with Crippen molar-refractivity contribution in [2.75, 3.05) is 19.8 Å². The van der Waals surface area contributed by atoms with Gasteiger partial charge in [0.25, 0.3) is 0 Å². The molecule has 0 spiro atoms. The van der Waals surface area contributed by atoms with Crippen molar-refractivity contribution in [2.45, 2.75) is 70.5 Å². The maximum absolute atomic E-state index is 9.31. The second-order valence-electron chi connectivity index (χ2n) is 4.87. The molecular weight excluding hydrogens is 232 g/mol. The van der Waals surface area contributed by atoms with Crippen molar-refractivity contribution in [3.63, 3.8) is 0 Å². The van der Waals surface area contributed by atoms with Crippen LogP contribution in [0.2, 0.25) is 0 Å². The van der Waals surface area contributed by atoms with Crippen molar-refractivity contribution in [3.8, 4) is 0 Å². The average Bonchev–Trinajstić information content (AvgIpc) is 2.39. The molecule has 0 bridgehead atoms. The SMILES string of the molecule is CCCCCCCCCCOC[C@@H](O)[C@H](O)CO. The van der Waals surface area contributed by atoms with Crippen LogP contribution in [-0.2, 0) is 4.74 Å². The number of aliphatic hydroxyl groups is 3. The molecule has 4 nitrogen and oxygen atoms in total. The number of ether oxygens (including phenoxy) is 1. The standard InChI is InChI=1S/C14H30O4/c1-2-3-4-5-6-7-8-9-10-18-12-14(17)13(16)11-15/h13-17H,2-12H2,1H3/t13-,14-/m1/s1. The summed E-state index contributed by atoms with van der Waals surface area (Å²) in [7, 11) is 0. The van der Waals surface area contributed by atoms with Crippen LogP contribution in [0.25, 0.3) is 0 Å². The van der Waals surface area contributed by atoms with E-state index >= 15 is 0 Å².